The second-order valence-corrected chi connectivity index (χ2v) is 3.92. The molecule has 12 heavy (non-hydrogen) atoms. The van der Waals surface area contributed by atoms with Crippen LogP contribution in [0.1, 0.15) is 13.3 Å². The van der Waals surface area contributed by atoms with Crippen molar-refractivity contribution in [2.75, 3.05) is 17.2 Å². The molecule has 0 aliphatic rings. The van der Waals surface area contributed by atoms with Crippen LogP contribution in [-0.4, -0.2) is 21.3 Å². The first kappa shape index (κ1) is 9.45. The number of nitrogen functional groups attached to an aromatic ring is 1. The van der Waals surface area contributed by atoms with Crippen molar-refractivity contribution >= 4 is 17.6 Å². The molecule has 0 saturated heterocycles. The van der Waals surface area contributed by atoms with Gasteiger partial charge >= 0.3 is 0 Å². The zero-order valence-electron chi connectivity index (χ0n) is 7.36. The third-order valence-corrected chi connectivity index (χ3v) is 2.60. The maximum atomic E-state index is 5.65. The summed E-state index contributed by atoms with van der Waals surface area (Å²) in [6, 6.07) is 1.83. The van der Waals surface area contributed by atoms with Gasteiger partial charge in [0.2, 0.25) is 0 Å². The SMILES string of the molecule is CCSCCCn1nccc1N. The third-order valence-electron chi connectivity index (χ3n) is 1.61. The molecule has 1 heterocycles. The van der Waals surface area contributed by atoms with Crippen LogP contribution in [0.25, 0.3) is 0 Å². The van der Waals surface area contributed by atoms with E-state index in [-0.39, 0.29) is 0 Å². The van der Waals surface area contributed by atoms with E-state index in [0.717, 1.165) is 18.8 Å². The monoisotopic (exact) mass is 185 g/mol. The largest absolute Gasteiger partial charge is 0.384 e. The van der Waals surface area contributed by atoms with Gasteiger partial charge in [-0.3, -0.25) is 4.68 Å². The van der Waals surface area contributed by atoms with Gasteiger partial charge in [0.25, 0.3) is 0 Å². The molecule has 0 saturated carbocycles. The molecule has 1 rings (SSSR count). The molecule has 0 atom stereocenters. The fourth-order valence-corrected chi connectivity index (χ4v) is 1.61. The fraction of sp³-hybridized carbons (Fsp3) is 0.625. The summed E-state index contributed by atoms with van der Waals surface area (Å²) in [6.07, 6.45) is 2.88. The number of hydrogen-bond acceptors (Lipinski definition) is 3. The number of hydrogen-bond donors (Lipinski definition) is 1. The first-order valence-corrected chi connectivity index (χ1v) is 5.35. The zero-order valence-corrected chi connectivity index (χ0v) is 8.18. The molecule has 68 valence electrons. The van der Waals surface area contributed by atoms with Gasteiger partial charge in [0.05, 0.1) is 6.20 Å². The number of aryl methyl sites for hydroxylation is 1. The van der Waals surface area contributed by atoms with Crippen molar-refractivity contribution in [2.24, 2.45) is 0 Å². The lowest BCUT2D eigenvalue weighted by atomic mass is 10.5. The van der Waals surface area contributed by atoms with Gasteiger partial charge in [0, 0.05) is 6.54 Å². The second kappa shape index (κ2) is 5.09. The third kappa shape index (κ3) is 2.77. The van der Waals surface area contributed by atoms with Crippen LogP contribution < -0.4 is 5.73 Å². The number of rotatable bonds is 5. The minimum atomic E-state index is 0.761. The highest BCUT2D eigenvalue weighted by Gasteiger charge is 1.95. The second-order valence-electron chi connectivity index (χ2n) is 2.53. The van der Waals surface area contributed by atoms with E-state index in [4.69, 9.17) is 5.73 Å². The summed E-state index contributed by atoms with van der Waals surface area (Å²) >= 11 is 1.95. The Morgan fingerprint density at radius 2 is 2.50 bits per heavy atom. The Labute approximate surface area is 77.3 Å². The van der Waals surface area contributed by atoms with Crippen LogP contribution in [0.3, 0.4) is 0 Å². The molecular weight excluding hydrogens is 170 g/mol. The fourth-order valence-electron chi connectivity index (χ4n) is 0.990. The van der Waals surface area contributed by atoms with Crippen molar-refractivity contribution < 1.29 is 0 Å². The molecule has 0 spiro atoms. The summed E-state index contributed by atoms with van der Waals surface area (Å²) < 4.78 is 1.84. The molecule has 0 aliphatic heterocycles. The molecule has 2 N–H and O–H groups in total. The average Bonchev–Trinajstić information content (AvgIpc) is 2.46. The van der Waals surface area contributed by atoms with Gasteiger partial charge in [-0.2, -0.15) is 16.9 Å². The van der Waals surface area contributed by atoms with Gasteiger partial charge in [-0.25, -0.2) is 0 Å². The van der Waals surface area contributed by atoms with E-state index in [1.807, 2.05) is 22.5 Å². The van der Waals surface area contributed by atoms with Crippen LogP contribution in [-0.2, 0) is 6.54 Å². The van der Waals surface area contributed by atoms with E-state index in [9.17, 15) is 0 Å². The van der Waals surface area contributed by atoms with Gasteiger partial charge in [0.1, 0.15) is 5.82 Å². The molecule has 0 aromatic carbocycles. The minimum absolute atomic E-state index is 0.761. The quantitative estimate of drug-likeness (QED) is 0.709. The highest BCUT2D eigenvalue weighted by molar-refractivity contribution is 7.99. The average molecular weight is 185 g/mol. The van der Waals surface area contributed by atoms with Crippen LogP contribution in [0, 0.1) is 0 Å². The van der Waals surface area contributed by atoms with E-state index >= 15 is 0 Å². The van der Waals surface area contributed by atoms with Crippen LogP contribution in [0.5, 0.6) is 0 Å². The van der Waals surface area contributed by atoms with Crippen molar-refractivity contribution in [3.63, 3.8) is 0 Å². The summed E-state index contributed by atoms with van der Waals surface area (Å²) in [6.45, 7) is 3.11. The number of nitrogens with zero attached hydrogens (tertiary/aromatic N) is 2. The maximum Gasteiger partial charge on any atom is 0.121 e. The minimum Gasteiger partial charge on any atom is -0.384 e. The molecule has 3 nitrogen and oxygen atoms in total. The first-order chi connectivity index (χ1) is 5.84. The predicted octanol–water partition coefficient (Wildman–Crippen LogP) is 1.61. The summed E-state index contributed by atoms with van der Waals surface area (Å²) in [5, 5.41) is 4.10. The van der Waals surface area contributed by atoms with Crippen molar-refractivity contribution in [3.8, 4) is 0 Å². The molecule has 0 radical (unpaired) electrons. The molecule has 0 bridgehead atoms. The van der Waals surface area contributed by atoms with Crippen molar-refractivity contribution in [1.82, 2.24) is 9.78 Å². The maximum absolute atomic E-state index is 5.65. The molecule has 1 aromatic rings. The lowest BCUT2D eigenvalue weighted by Gasteiger charge is -2.02. The molecule has 0 amide bonds. The van der Waals surface area contributed by atoms with E-state index in [1.165, 1.54) is 11.5 Å². The summed E-state index contributed by atoms with van der Waals surface area (Å²) in [7, 11) is 0. The van der Waals surface area contributed by atoms with Gasteiger partial charge < -0.3 is 5.73 Å². The number of aromatic nitrogens is 2. The number of anilines is 1. The molecule has 0 aliphatic carbocycles. The lowest BCUT2D eigenvalue weighted by molar-refractivity contribution is 0.615. The molecule has 0 fully saturated rings. The van der Waals surface area contributed by atoms with Crippen molar-refractivity contribution in [2.45, 2.75) is 19.9 Å². The van der Waals surface area contributed by atoms with E-state index in [1.54, 1.807) is 6.20 Å². The highest BCUT2D eigenvalue weighted by atomic mass is 32.2. The van der Waals surface area contributed by atoms with Crippen molar-refractivity contribution in [1.29, 1.82) is 0 Å². The number of thioether (sulfide) groups is 1. The van der Waals surface area contributed by atoms with Crippen LogP contribution in [0.4, 0.5) is 5.82 Å². The highest BCUT2D eigenvalue weighted by Crippen LogP contribution is 2.05. The molecule has 0 unspecified atom stereocenters. The summed E-state index contributed by atoms with van der Waals surface area (Å²) in [4.78, 5) is 0. The van der Waals surface area contributed by atoms with Gasteiger partial charge in [-0.05, 0) is 24.0 Å². The van der Waals surface area contributed by atoms with Gasteiger partial charge in [-0.15, -0.1) is 0 Å². The smallest absolute Gasteiger partial charge is 0.121 e. The molecule has 1 aromatic heterocycles. The molecular formula is C8H15N3S. The van der Waals surface area contributed by atoms with Crippen LogP contribution in [0.15, 0.2) is 12.3 Å². The Kier molecular flexibility index (Phi) is 4.00. The normalized spacial score (nSPS) is 10.4. The van der Waals surface area contributed by atoms with E-state index < -0.39 is 0 Å². The van der Waals surface area contributed by atoms with Gasteiger partial charge in [0.15, 0.2) is 0 Å². The lowest BCUT2D eigenvalue weighted by Crippen LogP contribution is -2.05. The first-order valence-electron chi connectivity index (χ1n) is 4.19. The standard InChI is InChI=1S/C8H15N3S/c1-2-12-7-3-6-11-8(9)4-5-10-11/h4-5H,2-3,6-7,9H2,1H3. The number of nitrogens with two attached hydrogens (primary N) is 1. The Hall–Kier alpha value is -0.640. The zero-order chi connectivity index (χ0) is 8.81. The Morgan fingerprint density at radius 1 is 1.67 bits per heavy atom. The summed E-state index contributed by atoms with van der Waals surface area (Å²) in [5.74, 6) is 3.14. The van der Waals surface area contributed by atoms with Crippen LogP contribution >= 0.6 is 11.8 Å². The topological polar surface area (TPSA) is 43.8 Å². The molecule has 4 heteroatoms. The Balaban J connectivity index is 2.20. The van der Waals surface area contributed by atoms with E-state index in [0.29, 0.717) is 0 Å². The summed E-state index contributed by atoms with van der Waals surface area (Å²) in [5.41, 5.74) is 5.65. The Morgan fingerprint density at radius 3 is 3.08 bits per heavy atom. The Bertz CT molecular complexity index is 222. The van der Waals surface area contributed by atoms with Gasteiger partial charge in [-0.1, -0.05) is 6.92 Å². The van der Waals surface area contributed by atoms with Crippen LogP contribution in [0.2, 0.25) is 0 Å². The van der Waals surface area contributed by atoms with E-state index in [2.05, 4.69) is 12.0 Å². The predicted molar refractivity (Wildman–Crippen MR) is 54.3 cm³/mol. The van der Waals surface area contributed by atoms with Crippen molar-refractivity contribution in [3.05, 3.63) is 12.3 Å².